The van der Waals surface area contributed by atoms with Crippen molar-refractivity contribution in [3.63, 3.8) is 0 Å². The van der Waals surface area contributed by atoms with Gasteiger partial charge in [-0.2, -0.15) is 0 Å². The Morgan fingerprint density at radius 3 is 2.61 bits per heavy atom. The van der Waals surface area contributed by atoms with Gasteiger partial charge in [-0.25, -0.2) is 9.59 Å². The Morgan fingerprint density at radius 1 is 1.39 bits per heavy atom. The molecular formula is C20H26O8. The van der Waals surface area contributed by atoms with Crippen LogP contribution in [0.4, 0.5) is 0 Å². The van der Waals surface area contributed by atoms with Crippen LogP contribution in [0.25, 0.3) is 0 Å². The molecule has 154 valence electrons. The van der Waals surface area contributed by atoms with E-state index in [9.17, 15) is 30.0 Å². The minimum absolute atomic E-state index is 0.00330. The SMILES string of the molecule is C=C1C(=O)O[C@H]2[C@H]1[C@H](O)[C@H](OC(=O)/C(C)=C/C)[C@](O)(CO)[C@H]1[C@@H]2C(C)=C[C@H]1O. The molecule has 4 N–H and O–H groups in total. The van der Waals surface area contributed by atoms with E-state index >= 15 is 0 Å². The first-order valence-electron chi connectivity index (χ1n) is 9.19. The van der Waals surface area contributed by atoms with E-state index in [2.05, 4.69) is 6.58 Å². The minimum atomic E-state index is -2.17. The molecule has 0 aromatic rings. The van der Waals surface area contributed by atoms with E-state index < -0.39 is 66.3 Å². The maximum Gasteiger partial charge on any atom is 0.334 e. The van der Waals surface area contributed by atoms with Gasteiger partial charge in [-0.15, -0.1) is 0 Å². The normalized spacial score (nSPS) is 43.0. The molecule has 8 nitrogen and oxygen atoms in total. The number of hydrogen-bond donors (Lipinski definition) is 4. The smallest absolute Gasteiger partial charge is 0.334 e. The quantitative estimate of drug-likeness (QED) is 0.289. The molecule has 3 aliphatic rings. The van der Waals surface area contributed by atoms with Gasteiger partial charge in [0.1, 0.15) is 17.8 Å². The summed E-state index contributed by atoms with van der Waals surface area (Å²) in [7, 11) is 0. The third kappa shape index (κ3) is 2.83. The van der Waals surface area contributed by atoms with Crippen molar-refractivity contribution in [3.8, 4) is 0 Å². The zero-order valence-corrected chi connectivity index (χ0v) is 16.0. The number of carbonyl (C=O) groups excluding carboxylic acids is 2. The molecule has 8 atom stereocenters. The summed E-state index contributed by atoms with van der Waals surface area (Å²) in [5.74, 6) is -4.17. The maximum absolute atomic E-state index is 12.4. The fourth-order valence-electron chi connectivity index (χ4n) is 4.72. The lowest BCUT2D eigenvalue weighted by Gasteiger charge is -2.42. The molecule has 0 aromatic carbocycles. The molecule has 0 radical (unpaired) electrons. The minimum Gasteiger partial charge on any atom is -0.458 e. The summed E-state index contributed by atoms with van der Waals surface area (Å²) in [6.45, 7) is 7.66. The van der Waals surface area contributed by atoms with Crippen molar-refractivity contribution in [2.45, 2.75) is 50.8 Å². The average Bonchev–Trinajstić information content (AvgIpc) is 3.09. The maximum atomic E-state index is 12.4. The Balaban J connectivity index is 2.14. The molecule has 3 rings (SSSR count). The molecule has 2 aliphatic carbocycles. The van der Waals surface area contributed by atoms with Crippen LogP contribution in [0.5, 0.6) is 0 Å². The number of aliphatic hydroxyl groups is 4. The van der Waals surface area contributed by atoms with Gasteiger partial charge in [0.25, 0.3) is 0 Å². The number of ether oxygens (including phenoxy) is 2. The van der Waals surface area contributed by atoms with Gasteiger partial charge >= 0.3 is 11.9 Å². The lowest BCUT2D eigenvalue weighted by Crippen LogP contribution is -2.60. The van der Waals surface area contributed by atoms with Crippen molar-refractivity contribution in [1.82, 2.24) is 0 Å². The summed E-state index contributed by atoms with van der Waals surface area (Å²) in [6, 6.07) is 0. The summed E-state index contributed by atoms with van der Waals surface area (Å²) < 4.78 is 10.8. The highest BCUT2D eigenvalue weighted by molar-refractivity contribution is 5.91. The number of carbonyl (C=O) groups is 2. The van der Waals surface area contributed by atoms with Gasteiger partial charge in [-0.3, -0.25) is 0 Å². The summed E-state index contributed by atoms with van der Waals surface area (Å²) >= 11 is 0. The topological polar surface area (TPSA) is 134 Å². The van der Waals surface area contributed by atoms with E-state index in [1.165, 1.54) is 19.1 Å². The molecule has 1 aliphatic heterocycles. The zero-order chi connectivity index (χ0) is 21.0. The van der Waals surface area contributed by atoms with Crippen molar-refractivity contribution in [2.24, 2.45) is 17.8 Å². The summed E-state index contributed by atoms with van der Waals surface area (Å²) in [5, 5.41) is 43.1. The van der Waals surface area contributed by atoms with Crippen molar-refractivity contribution < 1.29 is 39.5 Å². The predicted octanol–water partition coefficient (Wildman–Crippen LogP) is -0.387. The molecule has 2 fully saturated rings. The van der Waals surface area contributed by atoms with Crippen molar-refractivity contribution in [2.75, 3.05) is 6.61 Å². The van der Waals surface area contributed by atoms with Gasteiger partial charge in [0.2, 0.25) is 0 Å². The van der Waals surface area contributed by atoms with Gasteiger partial charge in [0.05, 0.1) is 18.6 Å². The molecule has 0 bridgehead atoms. The van der Waals surface area contributed by atoms with Gasteiger partial charge in [-0.1, -0.05) is 24.3 Å². The lowest BCUT2D eigenvalue weighted by atomic mass is 9.74. The van der Waals surface area contributed by atoms with E-state index in [-0.39, 0.29) is 11.1 Å². The van der Waals surface area contributed by atoms with E-state index in [1.807, 2.05) is 0 Å². The molecule has 8 heteroatoms. The van der Waals surface area contributed by atoms with Gasteiger partial charge in [0.15, 0.2) is 6.10 Å². The highest BCUT2D eigenvalue weighted by Gasteiger charge is 2.66. The standard InChI is InChI=1S/C20H26O8/c1-5-8(2)18(24)28-17-15(23)13-10(4)19(25)27-16(13)12-9(3)6-11(22)14(12)20(17,26)7-21/h5-6,11-17,21-23,26H,4,7H2,1-3H3/b8-5+/t11-,12+,13-,14-,15+,16-,17+,20+/m1/s1. The largest absolute Gasteiger partial charge is 0.458 e. The van der Waals surface area contributed by atoms with Crippen LogP contribution in [0, 0.1) is 17.8 Å². The summed E-state index contributed by atoms with van der Waals surface area (Å²) in [6.07, 6.45) is -2.26. The Hall–Kier alpha value is -2.00. The van der Waals surface area contributed by atoms with Crippen LogP contribution in [0.15, 0.2) is 35.5 Å². The first-order chi connectivity index (χ1) is 13.1. The molecule has 0 unspecified atom stereocenters. The van der Waals surface area contributed by atoms with Crippen molar-refractivity contribution >= 4 is 11.9 Å². The van der Waals surface area contributed by atoms with Crippen LogP contribution in [0.3, 0.4) is 0 Å². The molecule has 1 saturated carbocycles. The first-order valence-corrected chi connectivity index (χ1v) is 9.19. The van der Waals surface area contributed by atoms with Gasteiger partial charge < -0.3 is 29.9 Å². The fraction of sp³-hybridized carbons (Fsp3) is 0.600. The molecular weight excluding hydrogens is 368 g/mol. The van der Waals surface area contributed by atoms with Crippen LogP contribution < -0.4 is 0 Å². The lowest BCUT2D eigenvalue weighted by molar-refractivity contribution is -0.207. The second-order valence-electron chi connectivity index (χ2n) is 7.81. The fourth-order valence-corrected chi connectivity index (χ4v) is 4.72. The van der Waals surface area contributed by atoms with E-state index in [1.54, 1.807) is 13.8 Å². The Morgan fingerprint density at radius 2 is 2.04 bits per heavy atom. The van der Waals surface area contributed by atoms with E-state index in [0.29, 0.717) is 5.57 Å². The van der Waals surface area contributed by atoms with Crippen LogP contribution in [-0.4, -0.2) is 69.0 Å². The first kappa shape index (κ1) is 20.7. The Labute approximate surface area is 162 Å². The zero-order valence-electron chi connectivity index (χ0n) is 16.0. The number of allylic oxidation sites excluding steroid dienone is 1. The second kappa shape index (κ2) is 7.11. The van der Waals surface area contributed by atoms with Gasteiger partial charge in [-0.05, 0) is 20.8 Å². The highest BCUT2D eigenvalue weighted by Crippen LogP contribution is 2.53. The van der Waals surface area contributed by atoms with E-state index in [0.717, 1.165) is 0 Å². The highest BCUT2D eigenvalue weighted by atomic mass is 16.6. The molecule has 1 heterocycles. The van der Waals surface area contributed by atoms with Crippen molar-refractivity contribution in [1.29, 1.82) is 0 Å². The second-order valence-corrected chi connectivity index (χ2v) is 7.81. The van der Waals surface area contributed by atoms with Crippen LogP contribution >= 0.6 is 0 Å². The van der Waals surface area contributed by atoms with Crippen LogP contribution in [0.1, 0.15) is 20.8 Å². The third-order valence-corrected chi connectivity index (χ3v) is 6.32. The van der Waals surface area contributed by atoms with Crippen molar-refractivity contribution in [3.05, 3.63) is 35.5 Å². The predicted molar refractivity (Wildman–Crippen MR) is 96.6 cm³/mol. The van der Waals surface area contributed by atoms with Crippen LogP contribution in [-0.2, 0) is 19.1 Å². The number of fused-ring (bicyclic) bond motifs is 3. The van der Waals surface area contributed by atoms with E-state index in [4.69, 9.17) is 9.47 Å². The molecule has 28 heavy (non-hydrogen) atoms. The number of rotatable bonds is 3. The number of esters is 2. The summed E-state index contributed by atoms with van der Waals surface area (Å²) in [4.78, 5) is 24.5. The third-order valence-electron chi connectivity index (χ3n) is 6.32. The van der Waals surface area contributed by atoms with Gasteiger partial charge in [0, 0.05) is 23.0 Å². The average molecular weight is 394 g/mol. The van der Waals surface area contributed by atoms with Crippen LogP contribution in [0.2, 0.25) is 0 Å². The molecule has 0 aromatic heterocycles. The number of aliphatic hydroxyl groups excluding tert-OH is 3. The molecule has 0 spiro atoms. The monoisotopic (exact) mass is 394 g/mol. The summed E-state index contributed by atoms with van der Waals surface area (Å²) in [5.41, 5.74) is -1.29. The molecule has 0 amide bonds. The Bertz CT molecular complexity index is 768. The Kier molecular flexibility index (Phi) is 5.26. The number of hydrogen-bond acceptors (Lipinski definition) is 8. The molecule has 1 saturated heterocycles.